The molecule has 32 heavy (non-hydrogen) atoms. The van der Waals surface area contributed by atoms with Crippen LogP contribution >= 0.6 is 0 Å². The fourth-order valence-corrected chi connectivity index (χ4v) is 3.53. The Morgan fingerprint density at radius 2 is 1.78 bits per heavy atom. The van der Waals surface area contributed by atoms with Crippen LogP contribution in [0.4, 0.5) is 4.39 Å². The lowest BCUT2D eigenvalue weighted by Crippen LogP contribution is -2.35. The van der Waals surface area contributed by atoms with Crippen molar-refractivity contribution in [1.82, 2.24) is 14.9 Å². The molecule has 0 amide bonds. The molecule has 1 saturated heterocycles. The quantitative estimate of drug-likeness (QED) is 0.605. The maximum absolute atomic E-state index is 14.5. The van der Waals surface area contributed by atoms with Gasteiger partial charge >= 0.3 is 0 Å². The highest BCUT2D eigenvalue weighted by Gasteiger charge is 2.13. The minimum Gasteiger partial charge on any atom is -0.502 e. The van der Waals surface area contributed by atoms with Crippen LogP contribution in [0.1, 0.15) is 27.9 Å². The summed E-state index contributed by atoms with van der Waals surface area (Å²) in [6, 6.07) is 12.8. The van der Waals surface area contributed by atoms with E-state index in [1.165, 1.54) is 12.4 Å². The highest BCUT2D eigenvalue weighted by molar-refractivity contribution is 5.44. The van der Waals surface area contributed by atoms with Crippen LogP contribution in [0.3, 0.4) is 0 Å². The largest absolute Gasteiger partial charge is 0.502 e. The van der Waals surface area contributed by atoms with E-state index in [0.717, 1.165) is 24.2 Å². The molecule has 2 aromatic carbocycles. The smallest absolute Gasteiger partial charge is 0.293 e. The van der Waals surface area contributed by atoms with Crippen LogP contribution in [-0.2, 0) is 24.1 Å². The maximum Gasteiger partial charge on any atom is 0.293 e. The average Bonchev–Trinajstić information content (AvgIpc) is 2.82. The summed E-state index contributed by atoms with van der Waals surface area (Å²) in [7, 11) is 0. The second-order valence-electron chi connectivity index (χ2n) is 7.67. The molecule has 1 aliphatic rings. The molecular weight excluding hydrogens is 409 g/mol. The van der Waals surface area contributed by atoms with E-state index in [0.29, 0.717) is 49.4 Å². The Hall–Kier alpha value is -3.47. The van der Waals surface area contributed by atoms with E-state index in [2.05, 4.69) is 26.7 Å². The van der Waals surface area contributed by atoms with Crippen LogP contribution in [0, 0.1) is 17.7 Å². The highest BCUT2D eigenvalue weighted by Crippen LogP contribution is 2.15. The number of morpholine rings is 1. The monoisotopic (exact) mass is 433 g/mol. The van der Waals surface area contributed by atoms with Gasteiger partial charge in [0.15, 0.2) is 0 Å². The van der Waals surface area contributed by atoms with Crippen LogP contribution in [0.2, 0.25) is 0 Å². The molecule has 6 nitrogen and oxygen atoms in total. The van der Waals surface area contributed by atoms with Gasteiger partial charge in [0.1, 0.15) is 5.82 Å². The number of ether oxygens (including phenoxy) is 1. The second-order valence-corrected chi connectivity index (χ2v) is 7.67. The maximum atomic E-state index is 14.5. The molecule has 0 spiro atoms. The number of aromatic amines is 1. The second kappa shape index (κ2) is 10.2. The molecular formula is C25H24FN3O3. The van der Waals surface area contributed by atoms with Gasteiger partial charge in [0, 0.05) is 36.3 Å². The van der Waals surface area contributed by atoms with E-state index < -0.39 is 5.56 Å². The van der Waals surface area contributed by atoms with Crippen molar-refractivity contribution in [3.63, 3.8) is 0 Å². The van der Waals surface area contributed by atoms with Crippen LogP contribution in [0.15, 0.2) is 53.6 Å². The summed E-state index contributed by atoms with van der Waals surface area (Å²) in [5, 5.41) is 9.76. The molecule has 1 aromatic heterocycles. The number of hydrogen-bond donors (Lipinski definition) is 2. The van der Waals surface area contributed by atoms with Gasteiger partial charge in [0.2, 0.25) is 5.75 Å². The summed E-state index contributed by atoms with van der Waals surface area (Å²) < 4.78 is 19.8. The summed E-state index contributed by atoms with van der Waals surface area (Å²) in [5.41, 5.74) is 3.00. The van der Waals surface area contributed by atoms with Gasteiger partial charge in [0.25, 0.3) is 5.56 Å². The van der Waals surface area contributed by atoms with E-state index >= 15 is 0 Å². The van der Waals surface area contributed by atoms with Gasteiger partial charge in [-0.05, 0) is 42.7 Å². The Kier molecular flexibility index (Phi) is 6.95. The molecule has 164 valence electrons. The molecule has 0 unspecified atom stereocenters. The van der Waals surface area contributed by atoms with Gasteiger partial charge in [-0.1, -0.05) is 30.0 Å². The van der Waals surface area contributed by atoms with E-state index in [1.807, 2.05) is 30.3 Å². The number of aryl methyl sites for hydroxylation is 2. The third kappa shape index (κ3) is 5.61. The van der Waals surface area contributed by atoms with Crippen molar-refractivity contribution in [3.05, 3.63) is 92.9 Å². The average molecular weight is 433 g/mol. The lowest BCUT2D eigenvalue weighted by Gasteiger charge is -2.26. The Bertz CT molecular complexity index is 1190. The van der Waals surface area contributed by atoms with Crippen molar-refractivity contribution in [1.29, 1.82) is 0 Å². The molecule has 2 heterocycles. The number of hydrogen-bond acceptors (Lipinski definition) is 5. The van der Waals surface area contributed by atoms with Gasteiger partial charge in [-0.15, -0.1) is 0 Å². The first-order valence-electron chi connectivity index (χ1n) is 10.5. The Labute approximate surface area is 185 Å². The number of nitrogens with one attached hydrogen (secondary N) is 1. The lowest BCUT2D eigenvalue weighted by molar-refractivity contribution is 0.0337. The number of aromatic hydroxyl groups is 1. The normalized spacial score (nSPS) is 14.0. The SMILES string of the molecule is O=c1[nH]cnc(CCc2ccc(C#Cc3ccc(CN4CCOCC4)c(F)c3)cc2)c1O. The molecule has 0 bridgehead atoms. The van der Waals surface area contributed by atoms with Crippen LogP contribution in [0.5, 0.6) is 5.75 Å². The highest BCUT2D eigenvalue weighted by atomic mass is 19.1. The molecule has 0 atom stereocenters. The minimum absolute atomic E-state index is 0.241. The fraction of sp³-hybridized carbons (Fsp3) is 0.280. The summed E-state index contributed by atoms with van der Waals surface area (Å²) in [4.78, 5) is 20.0. The summed E-state index contributed by atoms with van der Waals surface area (Å²) >= 11 is 0. The lowest BCUT2D eigenvalue weighted by atomic mass is 10.1. The molecule has 0 saturated carbocycles. The number of benzene rings is 2. The number of rotatable bonds is 5. The topological polar surface area (TPSA) is 78.5 Å². The zero-order chi connectivity index (χ0) is 22.3. The van der Waals surface area contributed by atoms with Crippen molar-refractivity contribution in [2.45, 2.75) is 19.4 Å². The van der Waals surface area contributed by atoms with E-state index in [9.17, 15) is 14.3 Å². The first-order chi connectivity index (χ1) is 15.6. The van der Waals surface area contributed by atoms with Gasteiger partial charge in [-0.3, -0.25) is 9.69 Å². The fourth-order valence-electron chi connectivity index (χ4n) is 3.53. The molecule has 1 aliphatic heterocycles. The summed E-state index contributed by atoms with van der Waals surface area (Å²) in [5.74, 6) is 5.51. The predicted octanol–water partition coefficient (Wildman–Crippen LogP) is 2.63. The number of nitrogens with zero attached hydrogens (tertiary/aromatic N) is 2. The van der Waals surface area contributed by atoms with Crippen molar-refractivity contribution < 1.29 is 14.2 Å². The first kappa shape index (κ1) is 21.8. The molecule has 0 aliphatic carbocycles. The number of aromatic nitrogens is 2. The van der Waals surface area contributed by atoms with Crippen molar-refractivity contribution in [2.75, 3.05) is 26.3 Å². The molecule has 3 aromatic rings. The summed E-state index contributed by atoms with van der Waals surface area (Å²) in [6.07, 6.45) is 2.37. The van der Waals surface area contributed by atoms with E-state index in [-0.39, 0.29) is 11.6 Å². The minimum atomic E-state index is -0.536. The Morgan fingerprint density at radius 1 is 1.06 bits per heavy atom. The molecule has 2 N–H and O–H groups in total. The van der Waals surface area contributed by atoms with Crippen LogP contribution in [-0.4, -0.2) is 46.3 Å². The standard InChI is InChI=1S/C25H24FN3O3/c26-22-15-20(7-9-21(22)16-29-11-13-32-14-12-29)6-5-18-1-3-19(4-2-18)8-10-23-24(30)25(31)28-17-27-23/h1-4,7,9,15,17,30H,8,10-14,16H2,(H,27,28,31). The zero-order valence-corrected chi connectivity index (χ0v) is 17.6. The third-order valence-corrected chi connectivity index (χ3v) is 5.41. The number of halogens is 1. The molecule has 0 radical (unpaired) electrons. The van der Waals surface area contributed by atoms with E-state index in [4.69, 9.17) is 4.74 Å². The van der Waals surface area contributed by atoms with Gasteiger partial charge < -0.3 is 14.8 Å². The molecule has 1 fully saturated rings. The Morgan fingerprint density at radius 3 is 2.53 bits per heavy atom. The van der Waals surface area contributed by atoms with Crippen molar-refractivity contribution in [2.24, 2.45) is 0 Å². The first-order valence-corrected chi connectivity index (χ1v) is 10.5. The van der Waals surface area contributed by atoms with Crippen molar-refractivity contribution in [3.8, 4) is 17.6 Å². The van der Waals surface area contributed by atoms with Gasteiger partial charge in [0.05, 0.1) is 25.2 Å². The Balaban J connectivity index is 1.36. The summed E-state index contributed by atoms with van der Waals surface area (Å²) in [6.45, 7) is 3.59. The predicted molar refractivity (Wildman–Crippen MR) is 119 cm³/mol. The van der Waals surface area contributed by atoms with Gasteiger partial charge in [-0.2, -0.15) is 0 Å². The van der Waals surface area contributed by atoms with Gasteiger partial charge in [-0.25, -0.2) is 9.37 Å². The molecule has 7 heteroatoms. The number of H-pyrrole nitrogens is 1. The van der Waals surface area contributed by atoms with Crippen LogP contribution < -0.4 is 5.56 Å². The third-order valence-electron chi connectivity index (χ3n) is 5.41. The van der Waals surface area contributed by atoms with Crippen molar-refractivity contribution >= 4 is 0 Å². The zero-order valence-electron chi connectivity index (χ0n) is 17.6. The van der Waals surface area contributed by atoms with Crippen LogP contribution in [0.25, 0.3) is 0 Å². The van der Waals surface area contributed by atoms with E-state index in [1.54, 1.807) is 6.07 Å². The molecule has 4 rings (SSSR count).